The summed E-state index contributed by atoms with van der Waals surface area (Å²) in [5.41, 5.74) is 7.11. The number of rotatable bonds is 14. The second-order valence-corrected chi connectivity index (χ2v) is 9.31. The molecule has 0 aliphatic rings. The number of hydrogen-bond acceptors (Lipinski definition) is 7. The Balaban J connectivity index is 2.11. The van der Waals surface area contributed by atoms with Crippen LogP contribution in [0.1, 0.15) is 49.5 Å². The number of ether oxygens (including phenoxy) is 1. The van der Waals surface area contributed by atoms with Crippen molar-refractivity contribution in [2.75, 3.05) is 0 Å². The highest BCUT2D eigenvalue weighted by Gasteiger charge is 2.40. The summed E-state index contributed by atoms with van der Waals surface area (Å²) in [6.45, 7) is 4.33. The van der Waals surface area contributed by atoms with Gasteiger partial charge < -0.3 is 30.9 Å². The standard InChI is InChI=1S/C28H35N3O8/c1-17(24(28(37)38)30-25(33)21-12-8-5-9-13-21)18(2)31(19(3)27(35)36)26(34)22(29)14-15-23(32)39-16-20-10-6-4-7-11-20/h4-13,17-19,22,24H,14-16,29H2,1-3H3,(H,30,33)(H,35,36)(H,37,38)/t17-,18?,19-,22-,24-/m0/s1. The maximum atomic E-state index is 13.3. The second-order valence-electron chi connectivity index (χ2n) is 9.31. The molecule has 5 N–H and O–H groups in total. The molecular weight excluding hydrogens is 506 g/mol. The molecule has 5 atom stereocenters. The van der Waals surface area contributed by atoms with Crippen molar-refractivity contribution in [1.82, 2.24) is 10.2 Å². The van der Waals surface area contributed by atoms with E-state index in [1.54, 1.807) is 42.5 Å². The number of benzene rings is 2. The Bertz CT molecular complexity index is 1140. The number of esters is 1. The third-order valence-corrected chi connectivity index (χ3v) is 6.56. The quantitative estimate of drug-likeness (QED) is 0.261. The molecule has 39 heavy (non-hydrogen) atoms. The van der Waals surface area contributed by atoms with E-state index in [1.807, 2.05) is 6.07 Å². The fourth-order valence-corrected chi connectivity index (χ4v) is 4.03. The Labute approximate surface area is 226 Å². The minimum absolute atomic E-state index is 0.0604. The fraction of sp³-hybridized carbons (Fsp3) is 0.393. The van der Waals surface area contributed by atoms with E-state index < -0.39 is 59.8 Å². The number of carbonyl (C=O) groups excluding carboxylic acids is 3. The number of amides is 2. The zero-order valence-electron chi connectivity index (χ0n) is 22.2. The largest absolute Gasteiger partial charge is 0.480 e. The van der Waals surface area contributed by atoms with Gasteiger partial charge in [0.05, 0.1) is 6.04 Å². The Hall–Kier alpha value is -4.25. The number of nitrogens with two attached hydrogens (primary N) is 1. The van der Waals surface area contributed by atoms with Crippen LogP contribution in [0.2, 0.25) is 0 Å². The molecule has 0 heterocycles. The van der Waals surface area contributed by atoms with E-state index in [0.717, 1.165) is 10.5 Å². The topological polar surface area (TPSA) is 176 Å². The van der Waals surface area contributed by atoms with Gasteiger partial charge in [-0.2, -0.15) is 0 Å². The summed E-state index contributed by atoms with van der Waals surface area (Å²) in [5.74, 6) is -5.55. The Morgan fingerprint density at radius 1 is 0.897 bits per heavy atom. The fourth-order valence-electron chi connectivity index (χ4n) is 4.03. The van der Waals surface area contributed by atoms with Crippen molar-refractivity contribution >= 4 is 29.7 Å². The third-order valence-electron chi connectivity index (χ3n) is 6.56. The average Bonchev–Trinajstić information content (AvgIpc) is 2.93. The van der Waals surface area contributed by atoms with Gasteiger partial charge in [-0.3, -0.25) is 14.4 Å². The number of carbonyl (C=O) groups is 5. The van der Waals surface area contributed by atoms with Gasteiger partial charge in [-0.25, -0.2) is 9.59 Å². The lowest BCUT2D eigenvalue weighted by Gasteiger charge is -2.39. The molecule has 1 unspecified atom stereocenters. The van der Waals surface area contributed by atoms with Gasteiger partial charge in [0.2, 0.25) is 5.91 Å². The van der Waals surface area contributed by atoms with Crippen molar-refractivity contribution < 1.29 is 38.9 Å². The lowest BCUT2D eigenvalue weighted by Crippen LogP contribution is -2.59. The van der Waals surface area contributed by atoms with Crippen molar-refractivity contribution in [3.8, 4) is 0 Å². The number of carboxylic acid groups (broad SMARTS) is 2. The van der Waals surface area contributed by atoms with Crippen LogP contribution < -0.4 is 11.1 Å². The van der Waals surface area contributed by atoms with Crippen LogP contribution in [0.15, 0.2) is 60.7 Å². The van der Waals surface area contributed by atoms with E-state index in [2.05, 4.69) is 5.32 Å². The van der Waals surface area contributed by atoms with Gasteiger partial charge >= 0.3 is 17.9 Å². The molecule has 0 spiro atoms. The summed E-state index contributed by atoms with van der Waals surface area (Å²) >= 11 is 0. The SMILES string of the molecule is CC([C@H](C)[C@H](NC(=O)c1ccccc1)C(=O)O)N(C(=O)[C@@H](N)CCC(=O)OCc1ccccc1)[C@@H](C)C(=O)O. The molecule has 0 aromatic heterocycles. The molecule has 11 heteroatoms. The van der Waals surface area contributed by atoms with Crippen LogP contribution >= 0.6 is 0 Å². The molecule has 2 aromatic rings. The summed E-state index contributed by atoms with van der Waals surface area (Å²) in [6, 6.07) is 12.0. The average molecular weight is 542 g/mol. The van der Waals surface area contributed by atoms with Gasteiger partial charge in [0.25, 0.3) is 5.91 Å². The normalized spacial score (nSPS) is 14.7. The molecule has 0 radical (unpaired) electrons. The van der Waals surface area contributed by atoms with Gasteiger partial charge in [-0.05, 0) is 38.0 Å². The zero-order chi connectivity index (χ0) is 29.1. The minimum atomic E-state index is -1.44. The summed E-state index contributed by atoms with van der Waals surface area (Å²) in [5, 5.41) is 21.9. The van der Waals surface area contributed by atoms with Crippen molar-refractivity contribution in [2.24, 2.45) is 11.7 Å². The number of nitrogens with one attached hydrogen (secondary N) is 1. The van der Waals surface area contributed by atoms with E-state index in [0.29, 0.717) is 0 Å². The Morgan fingerprint density at radius 3 is 2.00 bits per heavy atom. The number of hydrogen-bond donors (Lipinski definition) is 4. The van der Waals surface area contributed by atoms with Crippen molar-refractivity contribution in [3.05, 3.63) is 71.8 Å². The van der Waals surface area contributed by atoms with Gasteiger partial charge in [0, 0.05) is 23.9 Å². The first-order valence-electron chi connectivity index (χ1n) is 12.5. The molecule has 0 saturated carbocycles. The summed E-state index contributed by atoms with van der Waals surface area (Å²) < 4.78 is 5.20. The molecule has 2 rings (SSSR count). The molecule has 0 fully saturated rings. The monoisotopic (exact) mass is 541 g/mol. The molecule has 11 nitrogen and oxygen atoms in total. The van der Waals surface area contributed by atoms with Crippen LogP contribution in [-0.4, -0.2) is 69.0 Å². The van der Waals surface area contributed by atoms with Crippen molar-refractivity contribution in [1.29, 1.82) is 0 Å². The third kappa shape index (κ3) is 8.92. The van der Waals surface area contributed by atoms with Gasteiger partial charge in [-0.1, -0.05) is 55.5 Å². The predicted molar refractivity (Wildman–Crippen MR) is 141 cm³/mol. The molecule has 0 aliphatic heterocycles. The zero-order valence-corrected chi connectivity index (χ0v) is 22.2. The van der Waals surface area contributed by atoms with Crippen LogP contribution in [0.5, 0.6) is 0 Å². The number of aliphatic carboxylic acids is 2. The summed E-state index contributed by atoms with van der Waals surface area (Å²) in [7, 11) is 0. The Morgan fingerprint density at radius 2 is 1.46 bits per heavy atom. The first kappa shape index (κ1) is 31.0. The van der Waals surface area contributed by atoms with E-state index in [9.17, 15) is 34.2 Å². The smallest absolute Gasteiger partial charge is 0.326 e. The first-order valence-corrected chi connectivity index (χ1v) is 12.5. The molecule has 2 aromatic carbocycles. The summed E-state index contributed by atoms with van der Waals surface area (Å²) in [4.78, 5) is 63.0. The van der Waals surface area contributed by atoms with Crippen LogP contribution in [0.25, 0.3) is 0 Å². The molecule has 0 bridgehead atoms. The highest BCUT2D eigenvalue weighted by molar-refractivity contribution is 5.96. The van der Waals surface area contributed by atoms with Crippen molar-refractivity contribution in [2.45, 2.75) is 64.4 Å². The van der Waals surface area contributed by atoms with Crippen molar-refractivity contribution in [3.63, 3.8) is 0 Å². The maximum Gasteiger partial charge on any atom is 0.326 e. The molecule has 2 amide bonds. The van der Waals surface area contributed by atoms with E-state index in [-0.39, 0.29) is 25.0 Å². The highest BCUT2D eigenvalue weighted by Crippen LogP contribution is 2.21. The van der Waals surface area contributed by atoms with E-state index in [1.165, 1.54) is 32.9 Å². The lowest BCUT2D eigenvalue weighted by atomic mass is 9.91. The van der Waals surface area contributed by atoms with Crippen LogP contribution in [0.4, 0.5) is 0 Å². The maximum absolute atomic E-state index is 13.3. The van der Waals surface area contributed by atoms with E-state index in [4.69, 9.17) is 10.5 Å². The first-order chi connectivity index (χ1) is 18.4. The van der Waals surface area contributed by atoms with Gasteiger partial charge in [0.15, 0.2) is 0 Å². The minimum Gasteiger partial charge on any atom is -0.480 e. The molecule has 0 aliphatic carbocycles. The summed E-state index contributed by atoms with van der Waals surface area (Å²) in [6.07, 6.45) is -0.284. The molecular formula is C28H35N3O8. The van der Waals surface area contributed by atoms with Gasteiger partial charge in [-0.15, -0.1) is 0 Å². The number of carboxylic acids is 2. The Kier molecular flexibility index (Phi) is 11.6. The molecule has 0 saturated heterocycles. The van der Waals surface area contributed by atoms with Crippen LogP contribution in [0, 0.1) is 5.92 Å². The van der Waals surface area contributed by atoms with Crippen LogP contribution in [-0.2, 0) is 30.5 Å². The predicted octanol–water partition coefficient (Wildman–Crippen LogP) is 2.05. The van der Waals surface area contributed by atoms with E-state index >= 15 is 0 Å². The van der Waals surface area contributed by atoms with Crippen LogP contribution in [0.3, 0.4) is 0 Å². The highest BCUT2D eigenvalue weighted by atomic mass is 16.5. The molecule has 210 valence electrons. The number of nitrogens with zero attached hydrogens (tertiary/aromatic N) is 1. The van der Waals surface area contributed by atoms with Gasteiger partial charge in [0.1, 0.15) is 18.7 Å². The second kappa shape index (κ2) is 14.6. The lowest BCUT2D eigenvalue weighted by molar-refractivity contribution is -0.154.